The SMILES string of the molecule is O=C(Nc1cn(Cc2cccc(C(F)(F)F)c2)cn1)c1ccc2c(c1)CNCC2. The highest BCUT2D eigenvalue weighted by Gasteiger charge is 2.30. The molecule has 0 radical (unpaired) electrons. The van der Waals surface area contributed by atoms with Crippen LogP contribution in [-0.2, 0) is 25.7 Å². The summed E-state index contributed by atoms with van der Waals surface area (Å²) >= 11 is 0. The first kappa shape index (κ1) is 19.2. The Morgan fingerprint density at radius 3 is 2.86 bits per heavy atom. The van der Waals surface area contributed by atoms with E-state index in [4.69, 9.17) is 0 Å². The Bertz CT molecular complexity index is 1040. The van der Waals surface area contributed by atoms with Gasteiger partial charge in [-0.25, -0.2) is 4.98 Å². The second-order valence-electron chi connectivity index (χ2n) is 6.99. The van der Waals surface area contributed by atoms with Crippen molar-refractivity contribution in [2.24, 2.45) is 0 Å². The summed E-state index contributed by atoms with van der Waals surface area (Å²) in [5.41, 5.74) is 2.70. The van der Waals surface area contributed by atoms with Crippen LogP contribution in [-0.4, -0.2) is 22.0 Å². The molecule has 3 aromatic rings. The van der Waals surface area contributed by atoms with Crippen molar-refractivity contribution in [3.63, 3.8) is 0 Å². The molecule has 0 spiro atoms. The zero-order valence-electron chi connectivity index (χ0n) is 15.5. The number of hydrogen-bond donors (Lipinski definition) is 2. The maximum Gasteiger partial charge on any atom is 0.416 e. The van der Waals surface area contributed by atoms with Gasteiger partial charge in [-0.15, -0.1) is 0 Å². The number of hydrogen-bond acceptors (Lipinski definition) is 3. The second kappa shape index (κ2) is 7.71. The van der Waals surface area contributed by atoms with Crippen LogP contribution in [0.25, 0.3) is 0 Å². The summed E-state index contributed by atoms with van der Waals surface area (Å²) < 4.78 is 40.2. The molecule has 1 aliphatic rings. The molecule has 0 saturated carbocycles. The molecule has 1 amide bonds. The third-order valence-electron chi connectivity index (χ3n) is 4.85. The third-order valence-corrected chi connectivity index (χ3v) is 4.85. The quantitative estimate of drug-likeness (QED) is 0.700. The molecule has 0 fully saturated rings. The van der Waals surface area contributed by atoms with Crippen molar-refractivity contribution in [3.05, 3.63) is 82.8 Å². The second-order valence-corrected chi connectivity index (χ2v) is 6.99. The fourth-order valence-electron chi connectivity index (χ4n) is 3.38. The van der Waals surface area contributed by atoms with E-state index in [2.05, 4.69) is 15.6 Å². The Kier molecular flexibility index (Phi) is 5.10. The largest absolute Gasteiger partial charge is 0.416 e. The van der Waals surface area contributed by atoms with Gasteiger partial charge in [0.25, 0.3) is 5.91 Å². The van der Waals surface area contributed by atoms with Crippen molar-refractivity contribution in [2.45, 2.75) is 25.7 Å². The fourth-order valence-corrected chi connectivity index (χ4v) is 3.38. The summed E-state index contributed by atoms with van der Waals surface area (Å²) in [4.78, 5) is 16.6. The van der Waals surface area contributed by atoms with Crippen LogP contribution in [0.1, 0.15) is 32.6 Å². The van der Waals surface area contributed by atoms with Crippen LogP contribution < -0.4 is 10.6 Å². The van der Waals surface area contributed by atoms with E-state index in [1.807, 2.05) is 12.1 Å². The molecule has 0 bridgehead atoms. The maximum absolute atomic E-state index is 12.9. The van der Waals surface area contributed by atoms with Gasteiger partial charge in [0.05, 0.1) is 11.9 Å². The lowest BCUT2D eigenvalue weighted by Crippen LogP contribution is -2.24. The van der Waals surface area contributed by atoms with E-state index in [1.54, 1.807) is 22.9 Å². The minimum absolute atomic E-state index is 0.220. The summed E-state index contributed by atoms with van der Waals surface area (Å²) in [6.07, 6.45) is -0.365. The molecule has 1 aromatic heterocycles. The summed E-state index contributed by atoms with van der Waals surface area (Å²) in [5, 5.41) is 6.01. The Balaban J connectivity index is 1.44. The number of nitrogens with one attached hydrogen (secondary N) is 2. The summed E-state index contributed by atoms with van der Waals surface area (Å²) in [6.45, 7) is 1.89. The molecule has 0 saturated heterocycles. The number of carbonyl (C=O) groups excluding carboxylic acids is 1. The van der Waals surface area contributed by atoms with Crippen molar-refractivity contribution >= 4 is 11.7 Å². The molecule has 1 aliphatic heterocycles. The lowest BCUT2D eigenvalue weighted by atomic mass is 9.98. The van der Waals surface area contributed by atoms with Crippen molar-refractivity contribution < 1.29 is 18.0 Å². The van der Waals surface area contributed by atoms with Crippen molar-refractivity contribution in [1.29, 1.82) is 0 Å². The number of rotatable bonds is 4. The number of halogens is 3. The average molecular weight is 400 g/mol. The minimum Gasteiger partial charge on any atom is -0.331 e. The van der Waals surface area contributed by atoms with Gasteiger partial charge in [0.15, 0.2) is 5.82 Å². The number of fused-ring (bicyclic) bond motifs is 1. The molecule has 2 aromatic carbocycles. The van der Waals surface area contributed by atoms with Gasteiger partial charge in [0, 0.05) is 24.8 Å². The standard InChI is InChI=1S/C21H19F3N4O/c22-21(23,24)18-3-1-2-14(8-18)11-28-12-19(26-13-28)27-20(29)16-5-4-15-6-7-25-10-17(15)9-16/h1-5,8-9,12-13,25H,6-7,10-11H2,(H,27,29). The first-order valence-corrected chi connectivity index (χ1v) is 9.20. The minimum atomic E-state index is -4.38. The first-order chi connectivity index (χ1) is 13.9. The predicted octanol–water partition coefficient (Wildman–Crippen LogP) is 3.85. The van der Waals surface area contributed by atoms with Gasteiger partial charge in [-0.2, -0.15) is 13.2 Å². The van der Waals surface area contributed by atoms with Crippen molar-refractivity contribution in [1.82, 2.24) is 14.9 Å². The molecule has 8 heteroatoms. The molecule has 2 N–H and O–H groups in total. The Labute approximate surface area is 165 Å². The predicted molar refractivity (Wildman–Crippen MR) is 103 cm³/mol. The first-order valence-electron chi connectivity index (χ1n) is 9.20. The van der Waals surface area contributed by atoms with Crippen LogP contribution in [0.2, 0.25) is 0 Å². The Morgan fingerprint density at radius 2 is 2.03 bits per heavy atom. The zero-order valence-corrected chi connectivity index (χ0v) is 15.5. The van der Waals surface area contributed by atoms with Crippen molar-refractivity contribution in [2.75, 3.05) is 11.9 Å². The van der Waals surface area contributed by atoms with E-state index in [0.717, 1.165) is 37.2 Å². The third kappa shape index (κ3) is 4.48. The summed E-state index contributed by atoms with van der Waals surface area (Å²) in [7, 11) is 0. The van der Waals surface area contributed by atoms with Gasteiger partial charge in [-0.1, -0.05) is 18.2 Å². The molecule has 0 atom stereocenters. The normalized spacial score (nSPS) is 13.8. The number of imidazole rings is 1. The number of benzene rings is 2. The molecular formula is C21H19F3N4O. The van der Waals surface area contributed by atoms with Gasteiger partial charge in [0.2, 0.25) is 0 Å². The van der Waals surface area contributed by atoms with E-state index in [0.29, 0.717) is 16.9 Å². The number of aromatic nitrogens is 2. The molecule has 150 valence electrons. The molecule has 2 heterocycles. The van der Waals surface area contributed by atoms with Crippen LogP contribution in [0.4, 0.5) is 19.0 Å². The van der Waals surface area contributed by atoms with Gasteiger partial charge in [0.1, 0.15) is 0 Å². The van der Waals surface area contributed by atoms with Crippen LogP contribution in [0, 0.1) is 0 Å². The average Bonchev–Trinajstić information content (AvgIpc) is 3.13. The summed E-state index contributed by atoms with van der Waals surface area (Å²) in [5.74, 6) is 0.0699. The highest BCUT2D eigenvalue weighted by molar-refractivity contribution is 6.03. The van der Waals surface area contributed by atoms with E-state index in [9.17, 15) is 18.0 Å². The summed E-state index contributed by atoms with van der Waals surface area (Å²) in [6, 6.07) is 10.8. The van der Waals surface area contributed by atoms with Crippen molar-refractivity contribution in [3.8, 4) is 0 Å². The molecule has 29 heavy (non-hydrogen) atoms. The molecule has 0 unspecified atom stereocenters. The molecule has 5 nitrogen and oxygen atoms in total. The Hall–Kier alpha value is -3.13. The van der Waals surface area contributed by atoms with Crippen LogP contribution in [0.15, 0.2) is 55.0 Å². The zero-order chi connectivity index (χ0) is 20.4. The Morgan fingerprint density at radius 1 is 1.17 bits per heavy atom. The maximum atomic E-state index is 12.9. The van der Waals surface area contributed by atoms with Crippen LogP contribution in [0.3, 0.4) is 0 Å². The van der Waals surface area contributed by atoms with Gasteiger partial charge < -0.3 is 15.2 Å². The highest BCUT2D eigenvalue weighted by atomic mass is 19.4. The number of nitrogens with zero attached hydrogens (tertiary/aromatic N) is 2. The van der Waals surface area contributed by atoms with E-state index >= 15 is 0 Å². The number of amides is 1. The van der Waals surface area contributed by atoms with Gasteiger partial charge in [-0.3, -0.25) is 4.79 Å². The molecular weight excluding hydrogens is 381 g/mol. The van der Waals surface area contributed by atoms with E-state index < -0.39 is 11.7 Å². The van der Waals surface area contributed by atoms with E-state index in [1.165, 1.54) is 18.0 Å². The lowest BCUT2D eigenvalue weighted by Gasteiger charge is -2.17. The molecule has 4 rings (SSSR count). The van der Waals surface area contributed by atoms with Gasteiger partial charge >= 0.3 is 6.18 Å². The highest BCUT2D eigenvalue weighted by Crippen LogP contribution is 2.29. The van der Waals surface area contributed by atoms with Crippen LogP contribution in [0.5, 0.6) is 0 Å². The fraction of sp³-hybridized carbons (Fsp3) is 0.238. The molecule has 0 aliphatic carbocycles. The number of anilines is 1. The smallest absolute Gasteiger partial charge is 0.331 e. The van der Waals surface area contributed by atoms with E-state index in [-0.39, 0.29) is 12.5 Å². The van der Waals surface area contributed by atoms with Crippen LogP contribution >= 0.6 is 0 Å². The topological polar surface area (TPSA) is 59.0 Å². The lowest BCUT2D eigenvalue weighted by molar-refractivity contribution is -0.137. The number of alkyl halides is 3. The number of carbonyl (C=O) groups is 1. The van der Waals surface area contributed by atoms with Gasteiger partial charge in [-0.05, 0) is 53.9 Å². The monoisotopic (exact) mass is 400 g/mol.